The van der Waals surface area contributed by atoms with Gasteiger partial charge in [0.05, 0.1) is 23.3 Å². The molecule has 0 radical (unpaired) electrons. The molecule has 2 heterocycles. The van der Waals surface area contributed by atoms with Gasteiger partial charge in [-0.25, -0.2) is 9.78 Å². The van der Waals surface area contributed by atoms with Gasteiger partial charge in [-0.15, -0.1) is 22.0 Å². The molecule has 0 aliphatic heterocycles. The molecular weight excluding hydrogens is 527 g/mol. The van der Waals surface area contributed by atoms with Crippen molar-refractivity contribution in [3.8, 4) is 5.69 Å². The number of anilines is 1. The maximum absolute atomic E-state index is 12.7. The molecule has 0 aliphatic rings. The Bertz CT molecular complexity index is 1370. The van der Waals surface area contributed by atoms with E-state index in [0.29, 0.717) is 26.6 Å². The average molecular weight is 554 g/mol. The summed E-state index contributed by atoms with van der Waals surface area (Å²) in [4.78, 5) is 30.8. The number of hydrogen-bond acceptors (Lipinski definition) is 9. The van der Waals surface area contributed by atoms with E-state index < -0.39 is 5.97 Å². The molecule has 1 N–H and O–H groups in total. The minimum atomic E-state index is -0.438. The van der Waals surface area contributed by atoms with Crippen LogP contribution in [-0.4, -0.2) is 43.5 Å². The summed E-state index contributed by atoms with van der Waals surface area (Å²) in [5.41, 5.74) is 2.67. The zero-order chi connectivity index (χ0) is 26.4. The number of hydrogen-bond donors (Lipinski definition) is 1. The van der Waals surface area contributed by atoms with Gasteiger partial charge in [0.15, 0.2) is 10.3 Å². The van der Waals surface area contributed by atoms with Crippen molar-refractivity contribution < 1.29 is 14.3 Å². The van der Waals surface area contributed by atoms with Gasteiger partial charge in [0.1, 0.15) is 10.7 Å². The van der Waals surface area contributed by atoms with E-state index in [0.717, 1.165) is 27.7 Å². The number of benzene rings is 2. The van der Waals surface area contributed by atoms with Gasteiger partial charge in [-0.1, -0.05) is 59.0 Å². The van der Waals surface area contributed by atoms with Gasteiger partial charge in [0.2, 0.25) is 5.91 Å². The highest BCUT2D eigenvalue weighted by atomic mass is 32.2. The highest BCUT2D eigenvalue weighted by Crippen LogP contribution is 2.28. The number of thioether (sulfide) groups is 2. The smallest absolute Gasteiger partial charge is 0.350 e. The molecule has 0 spiro atoms. The van der Waals surface area contributed by atoms with Crippen LogP contribution in [0.2, 0.25) is 0 Å². The van der Waals surface area contributed by atoms with Crippen LogP contribution < -0.4 is 5.32 Å². The van der Waals surface area contributed by atoms with E-state index in [1.165, 1.54) is 17.3 Å². The number of ether oxygens (including phenoxy) is 1. The molecule has 8 nitrogen and oxygen atoms in total. The number of amides is 1. The maximum atomic E-state index is 12.7. The predicted octanol–water partition coefficient (Wildman–Crippen LogP) is 5.93. The van der Waals surface area contributed by atoms with Crippen LogP contribution in [-0.2, 0) is 15.3 Å². The summed E-state index contributed by atoms with van der Waals surface area (Å²) in [6.07, 6.45) is -0.231. The largest absolute Gasteiger partial charge is 0.459 e. The zero-order valence-corrected chi connectivity index (χ0v) is 23.4. The molecule has 11 heteroatoms. The molecule has 1 amide bonds. The first-order chi connectivity index (χ1) is 17.8. The number of nitrogens with zero attached hydrogens (tertiary/aromatic N) is 4. The second kappa shape index (κ2) is 12.4. The SMILES string of the molecule is Cc1ccc(SCc2nnc(SCC(=O)Nc3nc(C)c(C(=O)OC(C)C)s3)n2-c2ccccc2)cc1. The third-order valence-corrected chi connectivity index (χ3v) is 8.00. The Labute approximate surface area is 228 Å². The van der Waals surface area contributed by atoms with Crippen LogP contribution in [0.1, 0.15) is 40.6 Å². The van der Waals surface area contributed by atoms with Gasteiger partial charge in [0, 0.05) is 10.6 Å². The molecule has 4 aromatic rings. The van der Waals surface area contributed by atoms with Gasteiger partial charge in [-0.3, -0.25) is 9.36 Å². The Balaban J connectivity index is 1.44. The highest BCUT2D eigenvalue weighted by molar-refractivity contribution is 7.99. The van der Waals surface area contributed by atoms with E-state index in [-0.39, 0.29) is 17.8 Å². The monoisotopic (exact) mass is 553 g/mol. The molecule has 37 heavy (non-hydrogen) atoms. The van der Waals surface area contributed by atoms with Crippen molar-refractivity contribution in [3.05, 3.63) is 76.6 Å². The van der Waals surface area contributed by atoms with Crippen LogP contribution in [0.15, 0.2) is 64.6 Å². The molecule has 0 bridgehead atoms. The topological polar surface area (TPSA) is 99.0 Å². The molecule has 0 fully saturated rings. The molecule has 2 aromatic heterocycles. The van der Waals surface area contributed by atoms with E-state index in [4.69, 9.17) is 4.74 Å². The Morgan fingerprint density at radius 1 is 1.03 bits per heavy atom. The molecule has 0 unspecified atom stereocenters. The maximum Gasteiger partial charge on any atom is 0.350 e. The van der Waals surface area contributed by atoms with Crippen LogP contribution in [0.3, 0.4) is 0 Å². The van der Waals surface area contributed by atoms with Crippen LogP contribution >= 0.6 is 34.9 Å². The number of thiazole rings is 1. The lowest BCUT2D eigenvalue weighted by atomic mass is 10.2. The van der Waals surface area contributed by atoms with Crippen molar-refractivity contribution in [2.45, 2.75) is 49.6 Å². The first-order valence-corrected chi connectivity index (χ1v) is 14.4. The van der Waals surface area contributed by atoms with Gasteiger partial charge in [-0.05, 0) is 52.0 Å². The first-order valence-electron chi connectivity index (χ1n) is 11.6. The van der Waals surface area contributed by atoms with Crippen molar-refractivity contribution in [2.24, 2.45) is 0 Å². The minimum Gasteiger partial charge on any atom is -0.459 e. The second-order valence-corrected chi connectivity index (χ2v) is 11.4. The summed E-state index contributed by atoms with van der Waals surface area (Å²) < 4.78 is 7.23. The summed E-state index contributed by atoms with van der Waals surface area (Å²) in [6, 6.07) is 18.2. The van der Waals surface area contributed by atoms with E-state index in [1.54, 1.807) is 32.5 Å². The standard InChI is InChI=1S/C26H27N5O3S3/c1-16(2)34-24(33)23-18(4)27-25(37-23)28-22(32)15-36-26-30-29-21(31(26)19-8-6-5-7-9-19)14-35-20-12-10-17(3)11-13-20/h5-13,16H,14-15H2,1-4H3,(H,27,28,32). The van der Waals surface area contributed by atoms with Crippen LogP contribution in [0, 0.1) is 13.8 Å². The van der Waals surface area contributed by atoms with Gasteiger partial charge in [0.25, 0.3) is 0 Å². The number of para-hydroxylation sites is 1. The lowest BCUT2D eigenvalue weighted by Crippen LogP contribution is -2.14. The zero-order valence-electron chi connectivity index (χ0n) is 20.9. The molecule has 0 saturated heterocycles. The molecular formula is C26H27N5O3S3. The van der Waals surface area contributed by atoms with Crippen molar-refractivity contribution in [1.82, 2.24) is 19.7 Å². The number of esters is 1. The van der Waals surface area contributed by atoms with Gasteiger partial charge in [-0.2, -0.15) is 0 Å². The van der Waals surface area contributed by atoms with E-state index in [9.17, 15) is 9.59 Å². The predicted molar refractivity (Wildman–Crippen MR) is 149 cm³/mol. The van der Waals surface area contributed by atoms with E-state index in [1.807, 2.05) is 34.9 Å². The molecule has 0 aliphatic carbocycles. The Morgan fingerprint density at radius 3 is 2.46 bits per heavy atom. The fraction of sp³-hybridized carbons (Fsp3) is 0.269. The average Bonchev–Trinajstić information content (AvgIpc) is 3.45. The lowest BCUT2D eigenvalue weighted by molar-refractivity contribution is -0.113. The number of nitrogens with one attached hydrogen (secondary N) is 1. The van der Waals surface area contributed by atoms with Crippen molar-refractivity contribution >= 4 is 51.9 Å². The van der Waals surface area contributed by atoms with Crippen LogP contribution in [0.4, 0.5) is 5.13 Å². The Morgan fingerprint density at radius 2 is 1.76 bits per heavy atom. The third kappa shape index (κ3) is 7.21. The summed E-state index contributed by atoms with van der Waals surface area (Å²) in [5, 5.41) is 12.6. The Hall–Kier alpha value is -3.15. The van der Waals surface area contributed by atoms with Crippen LogP contribution in [0.5, 0.6) is 0 Å². The second-order valence-electron chi connectivity index (χ2n) is 8.40. The summed E-state index contributed by atoms with van der Waals surface area (Å²) in [6.45, 7) is 7.36. The van der Waals surface area contributed by atoms with Crippen molar-refractivity contribution in [1.29, 1.82) is 0 Å². The van der Waals surface area contributed by atoms with Gasteiger partial charge >= 0.3 is 5.97 Å². The molecule has 2 aromatic carbocycles. The Kier molecular flexibility index (Phi) is 9.01. The molecule has 0 atom stereocenters. The fourth-order valence-electron chi connectivity index (χ4n) is 3.30. The third-order valence-electron chi connectivity index (χ3n) is 5.01. The van der Waals surface area contributed by atoms with Crippen molar-refractivity contribution in [3.63, 3.8) is 0 Å². The fourth-order valence-corrected chi connectivity index (χ4v) is 5.75. The molecule has 4 rings (SSSR count). The minimum absolute atomic E-state index is 0.112. The van der Waals surface area contributed by atoms with E-state index in [2.05, 4.69) is 51.7 Å². The van der Waals surface area contributed by atoms with E-state index >= 15 is 0 Å². The summed E-state index contributed by atoms with van der Waals surface area (Å²) in [5.74, 6) is 0.849. The highest BCUT2D eigenvalue weighted by Gasteiger charge is 2.20. The first kappa shape index (κ1) is 26.9. The summed E-state index contributed by atoms with van der Waals surface area (Å²) >= 11 is 4.08. The number of aromatic nitrogens is 4. The summed E-state index contributed by atoms with van der Waals surface area (Å²) in [7, 11) is 0. The quantitative estimate of drug-likeness (QED) is 0.191. The number of carbonyl (C=O) groups is 2. The van der Waals surface area contributed by atoms with Gasteiger partial charge < -0.3 is 10.1 Å². The number of rotatable bonds is 10. The number of aryl methyl sites for hydroxylation is 2. The lowest BCUT2D eigenvalue weighted by Gasteiger charge is -2.10. The van der Waals surface area contributed by atoms with Crippen LogP contribution in [0.25, 0.3) is 5.69 Å². The number of carbonyl (C=O) groups excluding carboxylic acids is 2. The molecule has 0 saturated carbocycles. The van der Waals surface area contributed by atoms with Crippen molar-refractivity contribution in [2.75, 3.05) is 11.1 Å². The normalized spacial score (nSPS) is 11.1. The molecule has 192 valence electrons.